The van der Waals surface area contributed by atoms with Gasteiger partial charge < -0.3 is 9.40 Å². The maximum atomic E-state index is 5.90. The van der Waals surface area contributed by atoms with Gasteiger partial charge in [0.25, 0.3) is 5.89 Å². The van der Waals surface area contributed by atoms with Crippen LogP contribution in [0, 0.1) is 0 Å². The topological polar surface area (TPSA) is 54.7 Å². The van der Waals surface area contributed by atoms with E-state index in [1.54, 1.807) is 18.3 Å². The van der Waals surface area contributed by atoms with Crippen molar-refractivity contribution in [3.8, 4) is 11.7 Å². The molecule has 0 aliphatic carbocycles. The Balaban J connectivity index is 2.23. The van der Waals surface area contributed by atoms with Crippen molar-refractivity contribution in [1.82, 2.24) is 15.0 Å². The van der Waals surface area contributed by atoms with Crippen LogP contribution in [0.1, 0.15) is 0 Å². The third-order valence-electron chi connectivity index (χ3n) is 2.16. The minimum atomic E-state index is 0.434. The minimum Gasteiger partial charge on any atom is -0.442 e. The van der Waals surface area contributed by atoms with Crippen molar-refractivity contribution in [2.45, 2.75) is 0 Å². The zero-order valence-corrected chi connectivity index (χ0v) is 9.38. The Labute approximate surface area is 100 Å². The summed E-state index contributed by atoms with van der Waals surface area (Å²) in [4.78, 5) is 11.4. The molecule has 2 heterocycles. The van der Waals surface area contributed by atoms with Gasteiger partial charge in [-0.2, -0.15) is 0 Å². The zero-order valence-electron chi connectivity index (χ0n) is 7.87. The number of H-pyrrole nitrogens is 1. The van der Waals surface area contributed by atoms with Crippen LogP contribution >= 0.6 is 23.2 Å². The molecule has 0 saturated carbocycles. The number of hydrogen-bond donors (Lipinski definition) is 1. The second-order valence-electron chi connectivity index (χ2n) is 3.21. The van der Waals surface area contributed by atoms with Gasteiger partial charge in [-0.3, -0.25) is 0 Å². The van der Waals surface area contributed by atoms with Crippen molar-refractivity contribution in [2.24, 2.45) is 0 Å². The van der Waals surface area contributed by atoms with Gasteiger partial charge in [-0.25, -0.2) is 9.97 Å². The van der Waals surface area contributed by atoms with E-state index in [4.69, 9.17) is 27.6 Å². The fourth-order valence-corrected chi connectivity index (χ4v) is 1.77. The van der Waals surface area contributed by atoms with Gasteiger partial charge in [-0.05, 0) is 12.1 Å². The summed E-state index contributed by atoms with van der Waals surface area (Å²) in [6.07, 6.45) is 3.05. The number of fused-ring (bicyclic) bond motifs is 1. The first-order chi connectivity index (χ1) is 7.74. The summed E-state index contributed by atoms with van der Waals surface area (Å²) in [7, 11) is 0. The molecule has 0 radical (unpaired) electrons. The van der Waals surface area contributed by atoms with Crippen LogP contribution in [-0.2, 0) is 0 Å². The molecule has 1 N–H and O–H groups in total. The number of nitrogens with zero attached hydrogens (tertiary/aromatic N) is 2. The molecule has 0 bridgehead atoms. The summed E-state index contributed by atoms with van der Waals surface area (Å²) in [5.41, 5.74) is 1.52. The Morgan fingerprint density at radius 1 is 1.19 bits per heavy atom. The summed E-state index contributed by atoms with van der Waals surface area (Å²) < 4.78 is 5.14. The van der Waals surface area contributed by atoms with Crippen LogP contribution in [0.5, 0.6) is 0 Å². The first kappa shape index (κ1) is 9.69. The van der Waals surface area contributed by atoms with E-state index in [2.05, 4.69) is 15.0 Å². The van der Waals surface area contributed by atoms with E-state index < -0.39 is 0 Å². The van der Waals surface area contributed by atoms with Crippen LogP contribution in [-0.4, -0.2) is 15.0 Å². The predicted octanol–water partition coefficient (Wildman–Crippen LogP) is 3.52. The van der Waals surface area contributed by atoms with Crippen molar-refractivity contribution < 1.29 is 4.42 Å². The summed E-state index contributed by atoms with van der Waals surface area (Å²) in [5, 5.41) is 0.955. The molecule has 2 aromatic heterocycles. The maximum absolute atomic E-state index is 5.90. The van der Waals surface area contributed by atoms with Crippen LogP contribution in [0.4, 0.5) is 0 Å². The molecule has 0 aliphatic heterocycles. The zero-order chi connectivity index (χ0) is 11.1. The number of aromatic nitrogens is 3. The SMILES string of the molecule is Clc1cc2nc(-c3ncco3)[nH]c2cc1Cl. The highest BCUT2D eigenvalue weighted by atomic mass is 35.5. The monoisotopic (exact) mass is 253 g/mol. The van der Waals surface area contributed by atoms with Gasteiger partial charge in [-0.15, -0.1) is 0 Å². The first-order valence-corrected chi connectivity index (χ1v) is 5.24. The molecule has 80 valence electrons. The first-order valence-electron chi connectivity index (χ1n) is 4.48. The summed E-state index contributed by atoms with van der Waals surface area (Å²) >= 11 is 11.8. The molecule has 0 spiro atoms. The van der Waals surface area contributed by atoms with Crippen molar-refractivity contribution in [2.75, 3.05) is 0 Å². The number of oxazole rings is 1. The van der Waals surface area contributed by atoms with Gasteiger partial charge >= 0.3 is 0 Å². The van der Waals surface area contributed by atoms with Gasteiger partial charge in [0.2, 0.25) is 0 Å². The molecular weight excluding hydrogens is 249 g/mol. The molecule has 4 nitrogen and oxygen atoms in total. The van der Waals surface area contributed by atoms with Crippen LogP contribution in [0.15, 0.2) is 29.0 Å². The predicted molar refractivity (Wildman–Crippen MR) is 61.6 cm³/mol. The number of aromatic amines is 1. The molecule has 6 heteroatoms. The average molecular weight is 254 g/mol. The fourth-order valence-electron chi connectivity index (χ4n) is 1.45. The van der Waals surface area contributed by atoms with E-state index in [0.29, 0.717) is 21.8 Å². The number of imidazole rings is 1. The van der Waals surface area contributed by atoms with Crippen molar-refractivity contribution in [3.63, 3.8) is 0 Å². The highest BCUT2D eigenvalue weighted by molar-refractivity contribution is 6.42. The number of benzene rings is 1. The lowest BCUT2D eigenvalue weighted by Gasteiger charge is -1.93. The quantitative estimate of drug-likeness (QED) is 0.722. The molecule has 0 fully saturated rings. The maximum Gasteiger partial charge on any atom is 0.262 e. The van der Waals surface area contributed by atoms with Gasteiger partial charge in [0.05, 0.1) is 27.3 Å². The van der Waals surface area contributed by atoms with Crippen LogP contribution < -0.4 is 0 Å². The molecule has 0 aliphatic rings. The number of rotatable bonds is 1. The van der Waals surface area contributed by atoms with Crippen LogP contribution in [0.2, 0.25) is 10.0 Å². The Morgan fingerprint density at radius 2 is 2.00 bits per heavy atom. The largest absolute Gasteiger partial charge is 0.442 e. The third-order valence-corrected chi connectivity index (χ3v) is 2.88. The lowest BCUT2D eigenvalue weighted by molar-refractivity contribution is 0.570. The molecule has 0 amide bonds. The number of hydrogen-bond acceptors (Lipinski definition) is 3. The fraction of sp³-hybridized carbons (Fsp3) is 0. The number of nitrogens with one attached hydrogen (secondary N) is 1. The molecule has 3 aromatic rings. The Morgan fingerprint density at radius 3 is 2.75 bits per heavy atom. The molecule has 0 saturated heterocycles. The Bertz CT molecular complexity index is 606. The third kappa shape index (κ3) is 1.47. The standard InChI is InChI=1S/C10H5Cl2N3O/c11-5-3-7-8(4-6(5)12)15-9(14-7)10-13-1-2-16-10/h1-4H,(H,14,15). The van der Waals surface area contributed by atoms with Crippen molar-refractivity contribution in [1.29, 1.82) is 0 Å². The molecule has 0 atom stereocenters. The molecule has 0 unspecified atom stereocenters. The van der Waals surface area contributed by atoms with E-state index >= 15 is 0 Å². The second-order valence-corrected chi connectivity index (χ2v) is 4.02. The summed E-state index contributed by atoms with van der Waals surface area (Å²) in [6, 6.07) is 3.42. The summed E-state index contributed by atoms with van der Waals surface area (Å²) in [5.74, 6) is 0.988. The smallest absolute Gasteiger partial charge is 0.262 e. The summed E-state index contributed by atoms with van der Waals surface area (Å²) in [6.45, 7) is 0. The van der Waals surface area contributed by atoms with E-state index in [1.807, 2.05) is 0 Å². The van der Waals surface area contributed by atoms with E-state index in [1.165, 1.54) is 6.26 Å². The lowest BCUT2D eigenvalue weighted by Crippen LogP contribution is -1.77. The molecule has 1 aromatic carbocycles. The normalized spacial score (nSPS) is 11.1. The number of halogens is 2. The Kier molecular flexibility index (Phi) is 2.12. The molecular formula is C10H5Cl2N3O. The van der Waals surface area contributed by atoms with Crippen molar-refractivity contribution in [3.05, 3.63) is 34.6 Å². The Hall–Kier alpha value is -1.52. The van der Waals surface area contributed by atoms with E-state index in [9.17, 15) is 0 Å². The van der Waals surface area contributed by atoms with Gasteiger partial charge in [0, 0.05) is 0 Å². The second kappa shape index (κ2) is 3.50. The van der Waals surface area contributed by atoms with Crippen molar-refractivity contribution >= 4 is 34.2 Å². The minimum absolute atomic E-state index is 0.434. The van der Waals surface area contributed by atoms with Gasteiger partial charge in [0.1, 0.15) is 6.26 Å². The average Bonchev–Trinajstić information content (AvgIpc) is 2.86. The van der Waals surface area contributed by atoms with Crippen LogP contribution in [0.25, 0.3) is 22.7 Å². The molecule has 3 rings (SSSR count). The highest BCUT2D eigenvalue weighted by Crippen LogP contribution is 2.28. The van der Waals surface area contributed by atoms with E-state index in [-0.39, 0.29) is 0 Å². The molecule has 16 heavy (non-hydrogen) atoms. The lowest BCUT2D eigenvalue weighted by atomic mass is 10.3. The van der Waals surface area contributed by atoms with E-state index in [0.717, 1.165) is 11.0 Å². The highest BCUT2D eigenvalue weighted by Gasteiger charge is 2.10. The van der Waals surface area contributed by atoms with Crippen LogP contribution in [0.3, 0.4) is 0 Å². The van der Waals surface area contributed by atoms with Gasteiger partial charge in [0.15, 0.2) is 5.82 Å². The van der Waals surface area contributed by atoms with Gasteiger partial charge in [-0.1, -0.05) is 23.2 Å².